The van der Waals surface area contributed by atoms with E-state index < -0.39 is 0 Å². The highest BCUT2D eigenvalue weighted by atomic mass is 15.2. The largest absolute Gasteiger partial charge is 0.355 e. The van der Waals surface area contributed by atoms with E-state index in [0.717, 1.165) is 12.4 Å². The van der Waals surface area contributed by atoms with Gasteiger partial charge in [0.2, 0.25) is 0 Å². The first-order chi connectivity index (χ1) is 9.10. The van der Waals surface area contributed by atoms with E-state index in [1.54, 1.807) is 6.07 Å². The molecule has 4 heteroatoms. The van der Waals surface area contributed by atoms with E-state index >= 15 is 0 Å². The molecular weight excluding hydrogens is 236 g/mol. The normalized spacial score (nSPS) is 10.0. The van der Waals surface area contributed by atoms with Gasteiger partial charge < -0.3 is 4.90 Å². The SMILES string of the molecule is Cc1ccc(CN(C)c2cc(C#N)ncn2)c(C)c1. The smallest absolute Gasteiger partial charge is 0.145 e. The van der Waals surface area contributed by atoms with Gasteiger partial charge in [-0.15, -0.1) is 0 Å². The molecule has 0 aliphatic carbocycles. The van der Waals surface area contributed by atoms with Gasteiger partial charge in [-0.05, 0) is 25.0 Å². The number of rotatable bonds is 3. The third kappa shape index (κ3) is 3.08. The van der Waals surface area contributed by atoms with Crippen molar-refractivity contribution in [3.8, 4) is 6.07 Å². The topological polar surface area (TPSA) is 52.8 Å². The fourth-order valence-corrected chi connectivity index (χ4v) is 1.98. The summed E-state index contributed by atoms with van der Waals surface area (Å²) in [6.45, 7) is 4.95. The van der Waals surface area contributed by atoms with Crippen LogP contribution in [0.1, 0.15) is 22.4 Å². The van der Waals surface area contributed by atoms with Crippen LogP contribution in [-0.4, -0.2) is 17.0 Å². The maximum absolute atomic E-state index is 8.85. The molecule has 4 nitrogen and oxygen atoms in total. The first-order valence-corrected chi connectivity index (χ1v) is 6.09. The van der Waals surface area contributed by atoms with Crippen LogP contribution in [0.4, 0.5) is 5.82 Å². The Morgan fingerprint density at radius 3 is 2.68 bits per heavy atom. The monoisotopic (exact) mass is 252 g/mol. The average molecular weight is 252 g/mol. The molecule has 1 heterocycles. The van der Waals surface area contributed by atoms with Crippen LogP contribution in [0.5, 0.6) is 0 Å². The summed E-state index contributed by atoms with van der Waals surface area (Å²) in [4.78, 5) is 10.1. The van der Waals surface area contributed by atoms with Crippen molar-refractivity contribution in [2.45, 2.75) is 20.4 Å². The molecular formula is C15H16N4. The summed E-state index contributed by atoms with van der Waals surface area (Å²) in [5.74, 6) is 0.756. The molecule has 0 radical (unpaired) electrons. The summed E-state index contributed by atoms with van der Waals surface area (Å²) in [5.41, 5.74) is 4.17. The second-order valence-electron chi connectivity index (χ2n) is 4.66. The lowest BCUT2D eigenvalue weighted by atomic mass is 10.1. The minimum absolute atomic E-state index is 0.387. The molecule has 0 bridgehead atoms. The first-order valence-electron chi connectivity index (χ1n) is 6.09. The van der Waals surface area contributed by atoms with Crippen molar-refractivity contribution in [3.05, 3.63) is 53.0 Å². The predicted octanol–water partition coefficient (Wildman–Crippen LogP) is 2.60. The van der Waals surface area contributed by atoms with Crippen molar-refractivity contribution >= 4 is 5.82 Å². The Morgan fingerprint density at radius 2 is 2.00 bits per heavy atom. The Kier molecular flexibility index (Phi) is 3.76. The number of aromatic nitrogens is 2. The van der Waals surface area contributed by atoms with Crippen molar-refractivity contribution < 1.29 is 0 Å². The minimum atomic E-state index is 0.387. The Morgan fingerprint density at radius 1 is 1.21 bits per heavy atom. The van der Waals surface area contributed by atoms with Gasteiger partial charge in [-0.3, -0.25) is 0 Å². The van der Waals surface area contributed by atoms with Crippen molar-refractivity contribution in [3.63, 3.8) is 0 Å². The van der Waals surface area contributed by atoms with Gasteiger partial charge in [0.25, 0.3) is 0 Å². The molecule has 0 amide bonds. The lowest BCUT2D eigenvalue weighted by Gasteiger charge is -2.19. The molecule has 2 aromatic rings. The number of hydrogen-bond acceptors (Lipinski definition) is 4. The molecule has 2 rings (SSSR count). The van der Waals surface area contributed by atoms with Gasteiger partial charge in [-0.25, -0.2) is 9.97 Å². The van der Waals surface area contributed by atoms with E-state index in [-0.39, 0.29) is 0 Å². The third-order valence-electron chi connectivity index (χ3n) is 3.06. The minimum Gasteiger partial charge on any atom is -0.355 e. The summed E-state index contributed by atoms with van der Waals surface area (Å²) in [6.07, 6.45) is 1.42. The fourth-order valence-electron chi connectivity index (χ4n) is 1.98. The van der Waals surface area contributed by atoms with Gasteiger partial charge in [-0.1, -0.05) is 23.8 Å². The van der Waals surface area contributed by atoms with Gasteiger partial charge >= 0.3 is 0 Å². The van der Waals surface area contributed by atoms with Gasteiger partial charge in [0.15, 0.2) is 0 Å². The van der Waals surface area contributed by atoms with Gasteiger partial charge in [0, 0.05) is 19.7 Å². The van der Waals surface area contributed by atoms with E-state index in [0.29, 0.717) is 5.69 Å². The lowest BCUT2D eigenvalue weighted by Crippen LogP contribution is -2.18. The zero-order chi connectivity index (χ0) is 13.8. The highest BCUT2D eigenvalue weighted by Crippen LogP contribution is 2.16. The summed E-state index contributed by atoms with van der Waals surface area (Å²) in [6, 6.07) is 10.1. The van der Waals surface area contributed by atoms with E-state index in [2.05, 4.69) is 42.0 Å². The zero-order valence-corrected chi connectivity index (χ0v) is 11.4. The highest BCUT2D eigenvalue weighted by Gasteiger charge is 2.07. The number of hydrogen-bond donors (Lipinski definition) is 0. The number of aryl methyl sites for hydroxylation is 2. The second-order valence-corrected chi connectivity index (χ2v) is 4.66. The molecule has 1 aromatic carbocycles. The molecule has 0 aliphatic heterocycles. The van der Waals surface area contributed by atoms with Crippen molar-refractivity contribution in [1.29, 1.82) is 5.26 Å². The van der Waals surface area contributed by atoms with Crippen LogP contribution >= 0.6 is 0 Å². The van der Waals surface area contributed by atoms with Crippen LogP contribution in [0.25, 0.3) is 0 Å². The quantitative estimate of drug-likeness (QED) is 0.842. The molecule has 0 saturated carbocycles. The average Bonchev–Trinajstić information content (AvgIpc) is 2.42. The van der Waals surface area contributed by atoms with Gasteiger partial charge in [0.1, 0.15) is 23.9 Å². The molecule has 0 atom stereocenters. The molecule has 0 saturated heterocycles. The molecule has 19 heavy (non-hydrogen) atoms. The molecule has 1 aromatic heterocycles. The Hall–Kier alpha value is -2.41. The molecule has 0 N–H and O–H groups in total. The summed E-state index contributed by atoms with van der Waals surface area (Å²) >= 11 is 0. The molecule has 96 valence electrons. The Bertz CT molecular complexity index is 628. The lowest BCUT2D eigenvalue weighted by molar-refractivity contribution is 0.882. The standard InChI is InChI=1S/C15H16N4/c1-11-4-5-13(12(2)6-11)9-19(3)15-7-14(8-16)17-10-18-15/h4-7,10H,9H2,1-3H3. The fraction of sp³-hybridized carbons (Fsp3) is 0.267. The summed E-state index contributed by atoms with van der Waals surface area (Å²) < 4.78 is 0. The van der Waals surface area contributed by atoms with Crippen LogP contribution in [0.3, 0.4) is 0 Å². The molecule has 0 aliphatic rings. The van der Waals surface area contributed by atoms with Crippen molar-refractivity contribution in [2.24, 2.45) is 0 Å². The Balaban J connectivity index is 2.20. The maximum Gasteiger partial charge on any atom is 0.145 e. The summed E-state index contributed by atoms with van der Waals surface area (Å²) in [7, 11) is 1.96. The van der Waals surface area contributed by atoms with E-state index in [9.17, 15) is 0 Å². The second kappa shape index (κ2) is 5.49. The van der Waals surface area contributed by atoms with Crippen LogP contribution in [-0.2, 0) is 6.54 Å². The zero-order valence-electron chi connectivity index (χ0n) is 11.4. The number of nitrogens with zero attached hydrogens (tertiary/aromatic N) is 4. The molecule has 0 fully saturated rings. The van der Waals surface area contributed by atoms with Crippen LogP contribution < -0.4 is 4.90 Å². The van der Waals surface area contributed by atoms with E-state index in [4.69, 9.17) is 5.26 Å². The highest BCUT2D eigenvalue weighted by molar-refractivity contribution is 5.43. The summed E-state index contributed by atoms with van der Waals surface area (Å²) in [5, 5.41) is 8.85. The maximum atomic E-state index is 8.85. The number of nitriles is 1. The molecule has 0 spiro atoms. The Labute approximate surface area is 113 Å². The van der Waals surface area contributed by atoms with Gasteiger partial charge in [0.05, 0.1) is 0 Å². The van der Waals surface area contributed by atoms with Crippen molar-refractivity contribution in [1.82, 2.24) is 9.97 Å². The first kappa shape index (κ1) is 13.0. The molecule has 0 unspecified atom stereocenters. The van der Waals surface area contributed by atoms with Crippen LogP contribution in [0.2, 0.25) is 0 Å². The van der Waals surface area contributed by atoms with Gasteiger partial charge in [-0.2, -0.15) is 5.26 Å². The third-order valence-corrected chi connectivity index (χ3v) is 3.06. The van der Waals surface area contributed by atoms with Crippen LogP contribution in [0, 0.1) is 25.2 Å². The van der Waals surface area contributed by atoms with E-state index in [1.807, 2.05) is 18.0 Å². The van der Waals surface area contributed by atoms with E-state index in [1.165, 1.54) is 23.0 Å². The van der Waals surface area contributed by atoms with Crippen LogP contribution in [0.15, 0.2) is 30.6 Å². The number of anilines is 1. The predicted molar refractivity (Wildman–Crippen MR) is 74.8 cm³/mol. The van der Waals surface area contributed by atoms with Crippen molar-refractivity contribution in [2.75, 3.05) is 11.9 Å². The number of benzene rings is 1.